The Kier molecular flexibility index (Phi) is 9.82. The molecule has 0 aromatic heterocycles. The van der Waals surface area contributed by atoms with Crippen LogP contribution >= 0.6 is 30.9 Å². The summed E-state index contributed by atoms with van der Waals surface area (Å²) in [4.78, 5) is 0. The Morgan fingerprint density at radius 1 is 1.21 bits per heavy atom. The summed E-state index contributed by atoms with van der Waals surface area (Å²) >= 11 is 11.1. The van der Waals surface area contributed by atoms with Gasteiger partial charge in [0.25, 0.3) is 10.1 Å². The smallest absolute Gasteiger partial charge is 0.306 e. The maximum Gasteiger partial charge on any atom is 0.340 e. The summed E-state index contributed by atoms with van der Waals surface area (Å²) in [6.07, 6.45) is 1.20. The lowest BCUT2D eigenvalue weighted by Gasteiger charge is -2.26. The highest BCUT2D eigenvalue weighted by Gasteiger charge is 2.26. The van der Waals surface area contributed by atoms with Crippen molar-refractivity contribution in [2.75, 3.05) is 44.3 Å². The van der Waals surface area contributed by atoms with Gasteiger partial charge in [0.1, 0.15) is 0 Å². The van der Waals surface area contributed by atoms with E-state index in [0.29, 0.717) is 13.1 Å². The Labute approximate surface area is 124 Å². The van der Waals surface area contributed by atoms with Crippen molar-refractivity contribution in [3.8, 4) is 0 Å². The van der Waals surface area contributed by atoms with E-state index in [1.54, 1.807) is 0 Å². The molecule has 0 saturated carbocycles. The van der Waals surface area contributed by atoms with E-state index < -0.39 is 17.8 Å². The zero-order valence-corrected chi connectivity index (χ0v) is 13.8. The summed E-state index contributed by atoms with van der Waals surface area (Å²) < 4.78 is 44.4. The SMILES string of the molecule is CS(=O)(=O)OCCCO[P@](N)(=O)N(CCCl)CCCl. The third kappa shape index (κ3) is 10.0. The quantitative estimate of drug-likeness (QED) is 0.257. The van der Waals surface area contributed by atoms with Crippen LogP contribution in [0.3, 0.4) is 0 Å². The first-order valence-corrected chi connectivity index (χ1v) is 10.0. The molecule has 11 heteroatoms. The fourth-order valence-corrected chi connectivity index (χ4v) is 3.51. The van der Waals surface area contributed by atoms with Gasteiger partial charge in [0, 0.05) is 24.8 Å². The van der Waals surface area contributed by atoms with Gasteiger partial charge in [-0.3, -0.25) is 8.75 Å². The maximum atomic E-state index is 12.1. The van der Waals surface area contributed by atoms with Crippen LogP contribution in [0.1, 0.15) is 6.42 Å². The molecule has 0 spiro atoms. The summed E-state index contributed by atoms with van der Waals surface area (Å²) in [6, 6.07) is 0. The third-order valence-electron chi connectivity index (χ3n) is 1.94. The number of nitrogens with two attached hydrogens (primary N) is 1. The second kappa shape index (κ2) is 9.52. The van der Waals surface area contributed by atoms with Crippen LogP contribution in [0.5, 0.6) is 0 Å². The molecule has 0 bridgehead atoms. The highest BCUT2D eigenvalue weighted by Crippen LogP contribution is 2.42. The first kappa shape index (κ1) is 19.6. The Morgan fingerprint density at radius 3 is 2.16 bits per heavy atom. The molecule has 0 fully saturated rings. The number of alkyl halides is 2. The molecule has 0 aliphatic rings. The molecule has 116 valence electrons. The second-order valence-corrected chi connectivity index (χ2v) is 7.96. The average molecular weight is 357 g/mol. The molecule has 0 aromatic carbocycles. The van der Waals surface area contributed by atoms with Gasteiger partial charge in [-0.25, -0.2) is 10.2 Å². The maximum absolute atomic E-state index is 12.1. The zero-order valence-electron chi connectivity index (χ0n) is 10.6. The first-order chi connectivity index (χ1) is 8.73. The van der Waals surface area contributed by atoms with Crippen molar-refractivity contribution in [3.05, 3.63) is 0 Å². The van der Waals surface area contributed by atoms with E-state index in [4.69, 9.17) is 33.2 Å². The minimum atomic E-state index is -3.47. The molecule has 19 heavy (non-hydrogen) atoms. The molecule has 0 aliphatic carbocycles. The number of rotatable bonds is 11. The van der Waals surface area contributed by atoms with Gasteiger partial charge in [-0.05, 0) is 6.42 Å². The topological polar surface area (TPSA) is 98.9 Å². The van der Waals surface area contributed by atoms with Crippen LogP contribution in [-0.4, -0.2) is 57.4 Å². The van der Waals surface area contributed by atoms with Crippen molar-refractivity contribution in [2.45, 2.75) is 6.42 Å². The normalized spacial score (nSPS) is 15.6. The highest BCUT2D eigenvalue weighted by molar-refractivity contribution is 7.85. The standard InChI is InChI=1S/C8H19Cl2N2O5PS/c1-19(14,15)17-8-2-7-16-18(11,13)12(5-3-9)6-4-10/h2-8H2,1H3,(H2,11,13)/t18-/m0/s1. The average Bonchev–Trinajstić information content (AvgIpc) is 2.26. The van der Waals surface area contributed by atoms with Crippen LogP contribution in [0, 0.1) is 0 Å². The van der Waals surface area contributed by atoms with Crippen molar-refractivity contribution in [1.29, 1.82) is 0 Å². The first-order valence-electron chi connectivity index (χ1n) is 5.48. The van der Waals surface area contributed by atoms with Gasteiger partial charge >= 0.3 is 7.67 Å². The van der Waals surface area contributed by atoms with E-state index in [9.17, 15) is 13.0 Å². The fourth-order valence-electron chi connectivity index (χ4n) is 1.13. The van der Waals surface area contributed by atoms with Crippen molar-refractivity contribution < 1.29 is 21.7 Å². The highest BCUT2D eigenvalue weighted by atomic mass is 35.5. The van der Waals surface area contributed by atoms with Gasteiger partial charge in [-0.2, -0.15) is 8.42 Å². The van der Waals surface area contributed by atoms with Gasteiger partial charge in [0.05, 0.1) is 19.5 Å². The Balaban J connectivity index is 4.10. The van der Waals surface area contributed by atoms with Crippen LogP contribution in [0.15, 0.2) is 0 Å². The minimum Gasteiger partial charge on any atom is -0.306 e. The van der Waals surface area contributed by atoms with Crippen LogP contribution in [0.25, 0.3) is 0 Å². The Hall–Kier alpha value is 0.600. The Morgan fingerprint density at radius 2 is 1.74 bits per heavy atom. The molecular formula is C8H19Cl2N2O5PS. The van der Waals surface area contributed by atoms with Gasteiger partial charge in [-0.15, -0.1) is 23.2 Å². The van der Waals surface area contributed by atoms with Crippen LogP contribution in [0.2, 0.25) is 0 Å². The van der Waals surface area contributed by atoms with Crippen LogP contribution in [-0.2, 0) is 23.4 Å². The largest absolute Gasteiger partial charge is 0.340 e. The molecule has 1 atom stereocenters. The lowest BCUT2D eigenvalue weighted by molar-refractivity contribution is 0.231. The van der Waals surface area contributed by atoms with E-state index in [2.05, 4.69) is 4.18 Å². The molecule has 0 amide bonds. The van der Waals surface area contributed by atoms with E-state index in [1.807, 2.05) is 0 Å². The predicted octanol–water partition coefficient (Wildman–Crippen LogP) is 1.22. The predicted molar refractivity (Wildman–Crippen MR) is 76.2 cm³/mol. The molecule has 0 rings (SSSR count). The molecular weight excluding hydrogens is 338 g/mol. The van der Waals surface area contributed by atoms with Crippen LogP contribution < -0.4 is 5.50 Å². The number of hydrogen-bond acceptors (Lipinski definition) is 5. The van der Waals surface area contributed by atoms with Crippen molar-refractivity contribution >= 4 is 41.0 Å². The van der Waals surface area contributed by atoms with Gasteiger partial charge in [0.15, 0.2) is 0 Å². The molecule has 0 aliphatic heterocycles. The van der Waals surface area contributed by atoms with E-state index >= 15 is 0 Å². The zero-order chi connectivity index (χ0) is 14.9. The molecule has 0 saturated heterocycles. The van der Waals surface area contributed by atoms with Gasteiger partial charge < -0.3 is 4.52 Å². The monoisotopic (exact) mass is 356 g/mol. The van der Waals surface area contributed by atoms with Crippen molar-refractivity contribution in [1.82, 2.24) is 4.67 Å². The van der Waals surface area contributed by atoms with Crippen molar-refractivity contribution in [2.24, 2.45) is 5.50 Å². The van der Waals surface area contributed by atoms with Gasteiger partial charge in [-0.1, -0.05) is 0 Å². The summed E-state index contributed by atoms with van der Waals surface area (Å²) in [5, 5.41) is 0. The van der Waals surface area contributed by atoms with Gasteiger partial charge in [0.2, 0.25) is 0 Å². The lowest BCUT2D eigenvalue weighted by atomic mass is 10.5. The minimum absolute atomic E-state index is 0.0182. The van der Waals surface area contributed by atoms with Crippen LogP contribution in [0.4, 0.5) is 0 Å². The lowest BCUT2D eigenvalue weighted by Crippen LogP contribution is -2.29. The van der Waals surface area contributed by atoms with Crippen molar-refractivity contribution in [3.63, 3.8) is 0 Å². The number of hydrogen-bond donors (Lipinski definition) is 1. The molecule has 2 N–H and O–H groups in total. The third-order valence-corrected chi connectivity index (χ3v) is 4.62. The fraction of sp³-hybridized carbons (Fsp3) is 1.00. The molecule has 0 heterocycles. The second-order valence-electron chi connectivity index (χ2n) is 3.61. The summed E-state index contributed by atoms with van der Waals surface area (Å²) in [5.74, 6) is 0.497. The summed E-state index contributed by atoms with van der Waals surface area (Å²) in [5.41, 5.74) is 5.58. The Bertz CT molecular complexity index is 389. The number of nitrogens with zero attached hydrogens (tertiary/aromatic N) is 1. The van der Waals surface area contributed by atoms with E-state index in [1.165, 1.54) is 4.67 Å². The van der Waals surface area contributed by atoms with E-state index in [0.717, 1.165) is 6.26 Å². The summed E-state index contributed by atoms with van der Waals surface area (Å²) in [7, 11) is -6.93. The molecule has 0 aromatic rings. The molecule has 0 unspecified atom stereocenters. The molecule has 7 nitrogen and oxygen atoms in total. The number of halogens is 2. The summed E-state index contributed by atoms with van der Waals surface area (Å²) in [6.45, 7) is 0.554. The van der Waals surface area contributed by atoms with E-state index in [-0.39, 0.29) is 31.4 Å². The molecule has 0 radical (unpaired) electrons.